The highest BCUT2D eigenvalue weighted by Gasteiger charge is 2.32. The number of sulfonamides is 1. The van der Waals surface area contributed by atoms with Crippen LogP contribution < -0.4 is 0 Å². The molecule has 0 spiro atoms. The second kappa shape index (κ2) is 8.76. The van der Waals surface area contributed by atoms with Crippen molar-refractivity contribution < 1.29 is 17.7 Å². The maximum atomic E-state index is 12.9. The number of aromatic nitrogens is 1. The second-order valence-corrected chi connectivity index (χ2v) is 10.3. The molecule has 1 aliphatic heterocycles. The van der Waals surface area contributed by atoms with Crippen LogP contribution >= 0.6 is 23.1 Å². The van der Waals surface area contributed by atoms with Gasteiger partial charge in [-0.15, -0.1) is 23.1 Å². The van der Waals surface area contributed by atoms with E-state index >= 15 is 0 Å². The molecule has 1 saturated heterocycles. The first-order valence-corrected chi connectivity index (χ1v) is 12.2. The lowest BCUT2D eigenvalue weighted by atomic mass is 10.4. The number of nitrogens with zero attached hydrogens (tertiary/aromatic N) is 3. The van der Waals surface area contributed by atoms with Crippen molar-refractivity contribution in [2.45, 2.75) is 30.9 Å². The maximum absolute atomic E-state index is 12.9. The Labute approximate surface area is 167 Å². The van der Waals surface area contributed by atoms with Crippen molar-refractivity contribution in [1.82, 2.24) is 14.4 Å². The molecular weight excluding hydrogens is 406 g/mol. The number of hydrogen-bond acceptors (Lipinski definition) is 7. The summed E-state index contributed by atoms with van der Waals surface area (Å²) in [6.07, 6.45) is 0.615. The Morgan fingerprint density at radius 3 is 2.78 bits per heavy atom. The van der Waals surface area contributed by atoms with E-state index < -0.39 is 10.0 Å². The molecule has 1 aliphatic rings. The van der Waals surface area contributed by atoms with Crippen LogP contribution in [0.15, 0.2) is 26.9 Å². The number of carbonyl (C=O) groups excluding carboxylic acids is 1. The minimum atomic E-state index is -3.66. The van der Waals surface area contributed by atoms with E-state index in [0.717, 1.165) is 5.75 Å². The smallest absolute Gasteiger partial charge is 0.248 e. The predicted molar refractivity (Wildman–Crippen MR) is 106 cm³/mol. The van der Waals surface area contributed by atoms with E-state index in [1.165, 1.54) is 9.18 Å². The molecule has 3 heterocycles. The number of carbonyl (C=O) groups is 1. The first-order valence-electron chi connectivity index (χ1n) is 8.70. The number of aryl methyl sites for hydroxylation is 2. The fourth-order valence-electron chi connectivity index (χ4n) is 3.08. The summed E-state index contributed by atoms with van der Waals surface area (Å²) < 4.78 is 32.3. The highest BCUT2D eigenvalue weighted by Crippen LogP contribution is 2.24. The van der Waals surface area contributed by atoms with E-state index in [2.05, 4.69) is 11.2 Å². The zero-order valence-electron chi connectivity index (χ0n) is 15.4. The molecular formula is C17H23N3O4S3. The third-order valence-corrected chi connectivity index (χ3v) is 8.59. The monoisotopic (exact) mass is 429 g/mol. The second-order valence-electron chi connectivity index (χ2n) is 6.36. The molecule has 10 heteroatoms. The zero-order chi connectivity index (χ0) is 19.4. The highest BCUT2D eigenvalue weighted by atomic mass is 32.2. The molecule has 1 fully saturated rings. The molecule has 0 N–H and O–H groups in total. The van der Waals surface area contributed by atoms with E-state index in [1.807, 2.05) is 11.4 Å². The van der Waals surface area contributed by atoms with Crippen molar-refractivity contribution in [3.8, 4) is 0 Å². The molecule has 0 bridgehead atoms. The molecule has 0 radical (unpaired) electrons. The average Bonchev–Trinajstić information content (AvgIpc) is 3.16. The van der Waals surface area contributed by atoms with Gasteiger partial charge in [-0.05, 0) is 31.7 Å². The van der Waals surface area contributed by atoms with Gasteiger partial charge in [-0.3, -0.25) is 4.79 Å². The molecule has 1 amide bonds. The lowest BCUT2D eigenvalue weighted by Crippen LogP contribution is -2.38. The summed E-state index contributed by atoms with van der Waals surface area (Å²) in [5.41, 5.74) is 0.370. The van der Waals surface area contributed by atoms with Gasteiger partial charge >= 0.3 is 0 Å². The maximum Gasteiger partial charge on any atom is 0.248 e. The van der Waals surface area contributed by atoms with E-state index in [0.29, 0.717) is 43.3 Å². The molecule has 0 saturated carbocycles. The third-order valence-electron chi connectivity index (χ3n) is 4.42. The van der Waals surface area contributed by atoms with Crippen LogP contribution in [0.4, 0.5) is 0 Å². The highest BCUT2D eigenvalue weighted by molar-refractivity contribution is 7.99. The molecule has 27 heavy (non-hydrogen) atoms. The lowest BCUT2D eigenvalue weighted by Gasteiger charge is -2.21. The largest absolute Gasteiger partial charge is 0.360 e. The van der Waals surface area contributed by atoms with Crippen molar-refractivity contribution in [2.75, 3.05) is 31.9 Å². The van der Waals surface area contributed by atoms with Gasteiger partial charge in [0.15, 0.2) is 5.76 Å². The van der Waals surface area contributed by atoms with Gasteiger partial charge in [0.05, 0.1) is 5.75 Å². The van der Waals surface area contributed by atoms with Gasteiger partial charge in [-0.1, -0.05) is 11.2 Å². The van der Waals surface area contributed by atoms with Gasteiger partial charge in [0.2, 0.25) is 15.9 Å². The number of amides is 1. The van der Waals surface area contributed by atoms with Crippen LogP contribution in [0.1, 0.15) is 22.8 Å². The summed E-state index contributed by atoms with van der Waals surface area (Å²) in [4.78, 5) is 15.7. The molecule has 0 aliphatic carbocycles. The Morgan fingerprint density at radius 1 is 1.30 bits per heavy atom. The number of thiophene rings is 1. The summed E-state index contributed by atoms with van der Waals surface area (Å²) >= 11 is 3.28. The molecule has 2 aromatic rings. The van der Waals surface area contributed by atoms with E-state index in [-0.39, 0.29) is 17.3 Å². The van der Waals surface area contributed by atoms with Crippen molar-refractivity contribution in [3.05, 3.63) is 33.8 Å². The van der Waals surface area contributed by atoms with Gasteiger partial charge in [0.25, 0.3) is 0 Å². The van der Waals surface area contributed by atoms with Crippen LogP contribution in [0.5, 0.6) is 0 Å². The summed E-state index contributed by atoms with van der Waals surface area (Å²) in [5.74, 6) is 1.60. The zero-order valence-corrected chi connectivity index (χ0v) is 17.8. The minimum absolute atomic E-state index is 0.0631. The predicted octanol–water partition coefficient (Wildman–Crippen LogP) is 2.51. The van der Waals surface area contributed by atoms with Crippen LogP contribution in [-0.4, -0.2) is 60.6 Å². The average molecular weight is 430 g/mol. The topological polar surface area (TPSA) is 83.7 Å². The third kappa shape index (κ3) is 4.74. The molecule has 3 rings (SSSR count). The quantitative estimate of drug-likeness (QED) is 0.702. The SMILES string of the molecule is Cc1noc(C)c1S(=O)(=O)N1CCCN(C(=O)CSCc2cccs2)CC1. The summed E-state index contributed by atoms with van der Waals surface area (Å²) in [7, 11) is -3.66. The molecule has 0 unspecified atom stereocenters. The van der Waals surface area contributed by atoms with Gasteiger partial charge in [0.1, 0.15) is 10.6 Å². The van der Waals surface area contributed by atoms with Crippen LogP contribution in [-0.2, 0) is 20.6 Å². The Morgan fingerprint density at radius 2 is 2.11 bits per heavy atom. The summed E-state index contributed by atoms with van der Waals surface area (Å²) in [6.45, 7) is 4.88. The molecule has 7 nitrogen and oxygen atoms in total. The summed E-state index contributed by atoms with van der Waals surface area (Å²) in [6, 6.07) is 4.07. The van der Waals surface area contributed by atoms with Crippen LogP contribution in [0.3, 0.4) is 0 Å². The van der Waals surface area contributed by atoms with Crippen molar-refractivity contribution in [1.29, 1.82) is 0 Å². The van der Waals surface area contributed by atoms with Gasteiger partial charge < -0.3 is 9.42 Å². The van der Waals surface area contributed by atoms with Crippen molar-refractivity contribution in [3.63, 3.8) is 0 Å². The van der Waals surface area contributed by atoms with Crippen LogP contribution in [0.2, 0.25) is 0 Å². The van der Waals surface area contributed by atoms with E-state index in [9.17, 15) is 13.2 Å². The van der Waals surface area contributed by atoms with Crippen molar-refractivity contribution >= 4 is 39.0 Å². The fourth-order valence-corrected chi connectivity index (χ4v) is 6.61. The molecule has 2 aromatic heterocycles. The Hall–Kier alpha value is -1.36. The molecule has 0 atom stereocenters. The standard InChI is InChI=1S/C17H23N3O4S3/c1-13-17(14(2)24-18-13)27(22,23)20-7-4-6-19(8-9-20)16(21)12-25-11-15-5-3-10-26-15/h3,5,10H,4,6-9,11-12H2,1-2H3. The van der Waals surface area contributed by atoms with Crippen LogP contribution in [0.25, 0.3) is 0 Å². The minimum Gasteiger partial charge on any atom is -0.360 e. The fraction of sp³-hybridized carbons (Fsp3) is 0.529. The molecule has 148 valence electrons. The molecule has 0 aromatic carbocycles. The van der Waals surface area contributed by atoms with Gasteiger partial charge in [-0.2, -0.15) is 4.31 Å². The number of hydrogen-bond donors (Lipinski definition) is 0. The van der Waals surface area contributed by atoms with Crippen LogP contribution in [0, 0.1) is 13.8 Å². The first kappa shape index (κ1) is 20.4. The normalized spacial score (nSPS) is 16.4. The van der Waals surface area contributed by atoms with Gasteiger partial charge in [-0.25, -0.2) is 8.42 Å². The Balaban J connectivity index is 1.57. The Kier molecular flexibility index (Phi) is 6.61. The lowest BCUT2D eigenvalue weighted by molar-refractivity contribution is -0.128. The van der Waals surface area contributed by atoms with E-state index in [4.69, 9.17) is 4.52 Å². The Bertz CT molecular complexity index is 858. The number of rotatable bonds is 6. The van der Waals surface area contributed by atoms with Gasteiger partial charge in [0, 0.05) is 36.8 Å². The first-order chi connectivity index (χ1) is 12.9. The van der Waals surface area contributed by atoms with E-state index in [1.54, 1.807) is 41.8 Å². The van der Waals surface area contributed by atoms with Crippen molar-refractivity contribution in [2.24, 2.45) is 0 Å². The summed E-state index contributed by atoms with van der Waals surface area (Å²) in [5, 5.41) is 5.78. The number of thioether (sulfide) groups is 1.